The molecule has 2 heteroatoms. The molecule has 1 fully saturated rings. The maximum Gasteiger partial charge on any atom is 0.0690 e. The minimum absolute atomic E-state index is 0.946. The third-order valence-electron chi connectivity index (χ3n) is 3.91. The van der Waals surface area contributed by atoms with Crippen LogP contribution < -0.4 is 0 Å². The van der Waals surface area contributed by atoms with Crippen LogP contribution in [0.25, 0.3) is 11.3 Å². The molecule has 1 aromatic heterocycles. The minimum atomic E-state index is 0.946. The Morgan fingerprint density at radius 3 is 2.41 bits per heavy atom. The summed E-state index contributed by atoms with van der Waals surface area (Å²) in [6.45, 7) is 0. The van der Waals surface area contributed by atoms with E-state index in [1.54, 1.807) is 11.5 Å². The van der Waals surface area contributed by atoms with Crippen LogP contribution in [-0.4, -0.2) is 3.96 Å². The number of nitrogens with zero attached hydrogens (tertiary/aromatic N) is 1. The summed E-state index contributed by atoms with van der Waals surface area (Å²) in [5.74, 6) is 0.946. The highest BCUT2D eigenvalue weighted by Crippen LogP contribution is 2.29. The zero-order valence-corrected chi connectivity index (χ0v) is 11.2. The van der Waals surface area contributed by atoms with Crippen LogP contribution in [0.1, 0.15) is 31.2 Å². The maximum atomic E-state index is 2.31. The van der Waals surface area contributed by atoms with Crippen LogP contribution in [-0.2, 0) is 13.5 Å². The monoisotopic (exact) mass is 245 g/mol. The molecular formula is C15H19NS. The lowest BCUT2D eigenvalue weighted by molar-refractivity contribution is 0.546. The van der Waals surface area contributed by atoms with Crippen LogP contribution in [0.5, 0.6) is 0 Å². The highest BCUT2D eigenvalue weighted by Gasteiger charge is 2.15. The molecule has 0 spiro atoms. The van der Waals surface area contributed by atoms with Crippen molar-refractivity contribution in [2.45, 2.75) is 32.1 Å². The first kappa shape index (κ1) is 11.1. The van der Waals surface area contributed by atoms with Crippen LogP contribution in [0, 0.1) is 5.92 Å². The molecule has 0 bridgehead atoms. The van der Waals surface area contributed by atoms with Gasteiger partial charge in [-0.05, 0) is 23.5 Å². The summed E-state index contributed by atoms with van der Waals surface area (Å²) < 4.78 is 2.21. The molecular weight excluding hydrogens is 226 g/mol. The molecule has 1 nitrogen and oxygen atoms in total. The second kappa shape index (κ2) is 4.69. The van der Waals surface area contributed by atoms with E-state index in [1.807, 2.05) is 0 Å². The van der Waals surface area contributed by atoms with Crippen molar-refractivity contribution in [3.05, 3.63) is 35.2 Å². The summed E-state index contributed by atoms with van der Waals surface area (Å²) in [6.07, 6.45) is 7.04. The topological polar surface area (TPSA) is 4.93 Å². The first-order chi connectivity index (χ1) is 8.33. The van der Waals surface area contributed by atoms with E-state index in [1.165, 1.54) is 48.9 Å². The molecule has 0 saturated heterocycles. The van der Waals surface area contributed by atoms with Gasteiger partial charge in [-0.1, -0.05) is 61.5 Å². The van der Waals surface area contributed by atoms with Crippen molar-refractivity contribution >= 4 is 11.5 Å². The van der Waals surface area contributed by atoms with E-state index >= 15 is 0 Å². The molecule has 1 aliphatic carbocycles. The zero-order chi connectivity index (χ0) is 11.7. The van der Waals surface area contributed by atoms with Crippen molar-refractivity contribution in [1.82, 2.24) is 3.96 Å². The molecule has 0 unspecified atom stereocenters. The van der Waals surface area contributed by atoms with Gasteiger partial charge in [0.15, 0.2) is 0 Å². The predicted octanol–water partition coefficient (Wildman–Crippen LogP) is 4.49. The molecule has 2 aromatic rings. The van der Waals surface area contributed by atoms with E-state index in [-0.39, 0.29) is 0 Å². The smallest absolute Gasteiger partial charge is 0.0690 e. The zero-order valence-electron chi connectivity index (χ0n) is 10.4. The first-order valence-electron chi connectivity index (χ1n) is 6.53. The van der Waals surface area contributed by atoms with E-state index in [0.29, 0.717) is 0 Å². The van der Waals surface area contributed by atoms with Crippen molar-refractivity contribution in [1.29, 1.82) is 0 Å². The van der Waals surface area contributed by atoms with E-state index in [0.717, 1.165) is 5.92 Å². The number of hydrogen-bond acceptors (Lipinski definition) is 1. The van der Waals surface area contributed by atoms with Gasteiger partial charge < -0.3 is 0 Å². The lowest BCUT2D eigenvalue weighted by Gasteiger charge is -2.13. The lowest BCUT2D eigenvalue weighted by Crippen LogP contribution is -1.99. The Labute approximate surface area is 107 Å². The Bertz CT molecular complexity index is 471. The van der Waals surface area contributed by atoms with E-state index < -0.39 is 0 Å². The number of aryl methyl sites for hydroxylation is 1. The Hall–Kier alpha value is -1.02. The summed E-state index contributed by atoms with van der Waals surface area (Å²) in [6, 6.07) is 9.16. The molecule has 1 aromatic carbocycles. The molecule has 1 aliphatic rings. The van der Waals surface area contributed by atoms with Crippen molar-refractivity contribution in [2.75, 3.05) is 0 Å². The van der Waals surface area contributed by atoms with Crippen molar-refractivity contribution < 1.29 is 0 Å². The van der Waals surface area contributed by atoms with Gasteiger partial charge in [0.05, 0.1) is 5.69 Å². The van der Waals surface area contributed by atoms with Gasteiger partial charge in [-0.3, -0.25) is 3.96 Å². The van der Waals surface area contributed by atoms with Crippen LogP contribution >= 0.6 is 11.5 Å². The number of rotatable bonds is 3. The molecule has 90 valence electrons. The quantitative estimate of drug-likeness (QED) is 0.751. The van der Waals surface area contributed by atoms with Crippen LogP contribution in [0.15, 0.2) is 29.6 Å². The van der Waals surface area contributed by atoms with Gasteiger partial charge in [-0.25, -0.2) is 0 Å². The fourth-order valence-electron chi connectivity index (χ4n) is 2.82. The molecule has 3 rings (SSSR count). The summed E-state index contributed by atoms with van der Waals surface area (Å²) >= 11 is 1.76. The average Bonchev–Trinajstić information content (AvgIpc) is 2.82. The first-order valence-corrected chi connectivity index (χ1v) is 7.36. The number of hydrogen-bond donors (Lipinski definition) is 0. The number of benzene rings is 1. The standard InChI is InChI=1S/C15H19NS/c1-16-15(11-17-16)14-8-6-13(7-9-14)10-12-4-2-3-5-12/h6-9,11-12H,2-5,10H2,1H3. The van der Waals surface area contributed by atoms with E-state index in [4.69, 9.17) is 0 Å². The van der Waals surface area contributed by atoms with E-state index in [9.17, 15) is 0 Å². The molecule has 0 amide bonds. The van der Waals surface area contributed by atoms with Crippen LogP contribution in [0.3, 0.4) is 0 Å². The van der Waals surface area contributed by atoms with E-state index in [2.05, 4.69) is 40.6 Å². The van der Waals surface area contributed by atoms with Gasteiger partial charge in [0.1, 0.15) is 0 Å². The second-order valence-electron chi connectivity index (χ2n) is 5.16. The normalized spacial score (nSPS) is 16.8. The fourth-order valence-corrected chi connectivity index (χ4v) is 3.48. The summed E-state index contributed by atoms with van der Waals surface area (Å²) in [5.41, 5.74) is 4.21. The minimum Gasteiger partial charge on any atom is -0.300 e. The molecule has 0 atom stereocenters. The lowest BCUT2D eigenvalue weighted by atomic mass is 9.97. The Balaban J connectivity index is 1.70. The van der Waals surface area contributed by atoms with Gasteiger partial charge in [-0.15, -0.1) is 0 Å². The highest BCUT2D eigenvalue weighted by atomic mass is 32.1. The van der Waals surface area contributed by atoms with Crippen molar-refractivity contribution in [3.63, 3.8) is 0 Å². The predicted molar refractivity (Wildman–Crippen MR) is 74.4 cm³/mol. The SMILES string of the molecule is Cn1scc1-c1ccc(CC2CCCC2)cc1. The third-order valence-corrected chi connectivity index (χ3v) is 4.75. The number of aromatic nitrogens is 1. The second-order valence-corrected chi connectivity index (χ2v) is 6.15. The Morgan fingerprint density at radius 2 is 1.88 bits per heavy atom. The summed E-state index contributed by atoms with van der Waals surface area (Å²) in [7, 11) is 2.12. The Kier molecular flexibility index (Phi) is 3.06. The van der Waals surface area contributed by atoms with Gasteiger partial charge in [0.2, 0.25) is 0 Å². The molecule has 0 radical (unpaired) electrons. The molecule has 0 aliphatic heterocycles. The van der Waals surface area contributed by atoms with Gasteiger partial charge in [-0.2, -0.15) is 0 Å². The van der Waals surface area contributed by atoms with Crippen LogP contribution in [0.4, 0.5) is 0 Å². The maximum absolute atomic E-state index is 2.31. The van der Waals surface area contributed by atoms with Gasteiger partial charge in [0.25, 0.3) is 0 Å². The largest absolute Gasteiger partial charge is 0.300 e. The fraction of sp³-hybridized carbons (Fsp3) is 0.467. The highest BCUT2D eigenvalue weighted by molar-refractivity contribution is 7.06. The Morgan fingerprint density at radius 1 is 1.18 bits per heavy atom. The van der Waals surface area contributed by atoms with Crippen LogP contribution in [0.2, 0.25) is 0 Å². The van der Waals surface area contributed by atoms with Crippen molar-refractivity contribution in [2.24, 2.45) is 13.0 Å². The molecule has 17 heavy (non-hydrogen) atoms. The molecule has 0 N–H and O–H groups in total. The average molecular weight is 245 g/mol. The molecule has 1 saturated carbocycles. The third kappa shape index (κ3) is 2.32. The van der Waals surface area contributed by atoms with Gasteiger partial charge >= 0.3 is 0 Å². The molecule has 1 heterocycles. The van der Waals surface area contributed by atoms with Crippen molar-refractivity contribution in [3.8, 4) is 11.3 Å². The summed E-state index contributed by atoms with van der Waals surface area (Å²) in [4.78, 5) is 0. The van der Waals surface area contributed by atoms with Gasteiger partial charge in [0, 0.05) is 12.4 Å². The summed E-state index contributed by atoms with van der Waals surface area (Å²) in [5, 5.41) is 2.21.